The number of pyridine rings is 2. The molecule has 37 heavy (non-hydrogen) atoms. The first-order valence-electron chi connectivity index (χ1n) is 12.3. The molecule has 0 unspecified atom stereocenters. The van der Waals surface area contributed by atoms with E-state index >= 15 is 0 Å². The molecule has 194 valence electrons. The van der Waals surface area contributed by atoms with E-state index in [1.54, 1.807) is 44.5 Å². The zero-order valence-electron chi connectivity index (χ0n) is 22.7. The lowest BCUT2D eigenvalue weighted by molar-refractivity contribution is 0.0650. The van der Waals surface area contributed by atoms with Gasteiger partial charge in [-0.05, 0) is 51.3 Å². The van der Waals surface area contributed by atoms with Crippen LogP contribution in [0.3, 0.4) is 0 Å². The standard InChI is InChI=1S/C29H34N4O4/c1-9-18-12-10-11-17(2)26(18)37-23-16-31(6)24(34)14-19(23)21-15-32(7)28(36)25-20(21)13-22(30-25)27(35)33(8)29(3,4)5/h10-16,30H,9H2,1-8H3. The molecule has 0 fully saturated rings. The van der Waals surface area contributed by atoms with Crippen molar-refractivity contribution in [1.82, 2.24) is 19.0 Å². The molecule has 0 aliphatic carbocycles. The van der Waals surface area contributed by atoms with Gasteiger partial charge >= 0.3 is 0 Å². The molecule has 0 atom stereocenters. The van der Waals surface area contributed by atoms with Crippen molar-refractivity contribution in [2.75, 3.05) is 7.05 Å². The molecule has 0 aliphatic heterocycles. The number of nitrogens with one attached hydrogen (secondary N) is 1. The van der Waals surface area contributed by atoms with E-state index in [2.05, 4.69) is 11.9 Å². The van der Waals surface area contributed by atoms with Crippen LogP contribution in [0, 0.1) is 6.92 Å². The molecular weight excluding hydrogens is 468 g/mol. The molecule has 0 aliphatic rings. The molecule has 4 aromatic rings. The summed E-state index contributed by atoms with van der Waals surface area (Å²) in [5.74, 6) is 0.985. The third-order valence-corrected chi connectivity index (χ3v) is 6.87. The van der Waals surface area contributed by atoms with Crippen molar-refractivity contribution >= 4 is 16.8 Å². The van der Waals surface area contributed by atoms with Crippen LogP contribution in [0.5, 0.6) is 11.5 Å². The van der Waals surface area contributed by atoms with Gasteiger partial charge in [0.1, 0.15) is 17.0 Å². The Labute approximate surface area is 216 Å². The summed E-state index contributed by atoms with van der Waals surface area (Å²) in [5, 5.41) is 0.548. The zero-order chi connectivity index (χ0) is 27.2. The van der Waals surface area contributed by atoms with Crippen LogP contribution in [0.15, 0.2) is 52.3 Å². The fourth-order valence-electron chi connectivity index (χ4n) is 4.29. The third-order valence-electron chi connectivity index (χ3n) is 6.87. The van der Waals surface area contributed by atoms with E-state index in [-0.39, 0.29) is 17.0 Å². The van der Waals surface area contributed by atoms with Gasteiger partial charge in [0.25, 0.3) is 17.0 Å². The van der Waals surface area contributed by atoms with Gasteiger partial charge in [-0.2, -0.15) is 0 Å². The number of hydrogen-bond acceptors (Lipinski definition) is 4. The lowest BCUT2D eigenvalue weighted by Gasteiger charge is -2.31. The summed E-state index contributed by atoms with van der Waals surface area (Å²) in [6.45, 7) is 9.87. The Balaban J connectivity index is 1.97. The van der Waals surface area contributed by atoms with Crippen molar-refractivity contribution in [3.63, 3.8) is 0 Å². The number of aromatic amines is 1. The molecule has 0 spiro atoms. The van der Waals surface area contributed by atoms with Gasteiger partial charge in [-0.1, -0.05) is 25.1 Å². The number of ether oxygens (including phenoxy) is 1. The molecule has 8 heteroatoms. The summed E-state index contributed by atoms with van der Waals surface area (Å²) in [4.78, 5) is 43.7. The minimum absolute atomic E-state index is 0.218. The molecule has 8 nitrogen and oxygen atoms in total. The first kappa shape index (κ1) is 26.0. The first-order chi connectivity index (χ1) is 17.3. The summed E-state index contributed by atoms with van der Waals surface area (Å²) < 4.78 is 9.39. The third kappa shape index (κ3) is 4.71. The number of carbonyl (C=O) groups excluding carboxylic acids is 1. The predicted molar refractivity (Wildman–Crippen MR) is 147 cm³/mol. The van der Waals surface area contributed by atoms with E-state index < -0.39 is 5.54 Å². The van der Waals surface area contributed by atoms with Crippen LogP contribution in [-0.2, 0) is 20.5 Å². The maximum atomic E-state index is 13.2. The summed E-state index contributed by atoms with van der Waals surface area (Å²) in [7, 11) is 5.05. The molecule has 0 bridgehead atoms. The van der Waals surface area contributed by atoms with Gasteiger partial charge in [0.2, 0.25) is 0 Å². The van der Waals surface area contributed by atoms with E-state index in [1.807, 2.05) is 45.9 Å². The molecule has 1 N–H and O–H groups in total. The zero-order valence-corrected chi connectivity index (χ0v) is 22.7. The molecule has 1 amide bonds. The van der Waals surface area contributed by atoms with Crippen LogP contribution in [0.25, 0.3) is 22.0 Å². The van der Waals surface area contributed by atoms with Gasteiger partial charge in [0.15, 0.2) is 5.75 Å². The smallest absolute Gasteiger partial charge is 0.274 e. The summed E-state index contributed by atoms with van der Waals surface area (Å²) in [6, 6.07) is 9.18. The number of H-pyrrole nitrogens is 1. The highest BCUT2D eigenvalue weighted by Crippen LogP contribution is 2.38. The van der Waals surface area contributed by atoms with Crippen molar-refractivity contribution in [3.8, 4) is 22.6 Å². The van der Waals surface area contributed by atoms with Gasteiger partial charge in [0.05, 0.1) is 6.20 Å². The molecule has 3 aromatic heterocycles. The molecule has 3 heterocycles. The average Bonchev–Trinajstić information content (AvgIpc) is 3.29. The Hall–Kier alpha value is -4.07. The van der Waals surface area contributed by atoms with E-state index in [0.29, 0.717) is 33.5 Å². The fourth-order valence-corrected chi connectivity index (χ4v) is 4.29. The Morgan fingerprint density at radius 2 is 1.76 bits per heavy atom. The number of hydrogen-bond donors (Lipinski definition) is 1. The maximum absolute atomic E-state index is 13.2. The first-order valence-corrected chi connectivity index (χ1v) is 12.3. The number of aryl methyl sites for hydroxylation is 4. The fraction of sp³-hybridized carbons (Fsp3) is 0.345. The van der Waals surface area contributed by atoms with Crippen LogP contribution in [-0.4, -0.2) is 37.5 Å². The molecule has 0 radical (unpaired) electrons. The predicted octanol–water partition coefficient (Wildman–Crippen LogP) is 4.77. The molecule has 1 aromatic carbocycles. The summed E-state index contributed by atoms with van der Waals surface area (Å²) >= 11 is 0. The molecular formula is C29H34N4O4. The van der Waals surface area contributed by atoms with Gasteiger partial charge in [0, 0.05) is 55.5 Å². The molecule has 4 rings (SSSR count). The minimum Gasteiger partial charge on any atom is -0.455 e. The van der Waals surface area contributed by atoms with Crippen molar-refractivity contribution in [3.05, 3.63) is 80.3 Å². The lowest BCUT2D eigenvalue weighted by Crippen LogP contribution is -2.42. The van der Waals surface area contributed by atoms with Crippen LogP contribution in [0.4, 0.5) is 0 Å². The summed E-state index contributed by atoms with van der Waals surface area (Å²) in [6.07, 6.45) is 4.12. The average molecular weight is 503 g/mol. The molecule has 0 saturated heterocycles. The van der Waals surface area contributed by atoms with Gasteiger partial charge in [-0.25, -0.2) is 0 Å². The van der Waals surface area contributed by atoms with E-state index in [9.17, 15) is 14.4 Å². The highest BCUT2D eigenvalue weighted by Gasteiger charge is 2.26. The van der Waals surface area contributed by atoms with Crippen LogP contribution in [0.2, 0.25) is 0 Å². The number of aromatic nitrogens is 3. The number of carbonyl (C=O) groups is 1. The highest BCUT2D eigenvalue weighted by atomic mass is 16.5. The Bertz CT molecular complexity index is 1630. The largest absolute Gasteiger partial charge is 0.455 e. The Kier molecular flexibility index (Phi) is 6.62. The Morgan fingerprint density at radius 3 is 2.41 bits per heavy atom. The van der Waals surface area contributed by atoms with E-state index in [0.717, 1.165) is 23.3 Å². The maximum Gasteiger partial charge on any atom is 0.274 e. The number of benzene rings is 1. The van der Waals surface area contributed by atoms with Crippen LogP contribution < -0.4 is 15.9 Å². The number of para-hydroxylation sites is 1. The number of fused-ring (bicyclic) bond motifs is 1. The normalized spacial score (nSPS) is 11.7. The van der Waals surface area contributed by atoms with Crippen molar-refractivity contribution in [1.29, 1.82) is 0 Å². The summed E-state index contributed by atoms with van der Waals surface area (Å²) in [5.41, 5.74) is 2.88. The molecule has 0 saturated carbocycles. The van der Waals surface area contributed by atoms with Crippen molar-refractivity contribution < 1.29 is 9.53 Å². The second kappa shape index (κ2) is 9.42. The highest BCUT2D eigenvalue weighted by molar-refractivity contribution is 6.03. The van der Waals surface area contributed by atoms with Crippen LogP contribution >= 0.6 is 0 Å². The second-order valence-electron chi connectivity index (χ2n) is 10.5. The minimum atomic E-state index is -0.403. The number of rotatable bonds is 5. The monoisotopic (exact) mass is 502 g/mol. The lowest BCUT2D eigenvalue weighted by atomic mass is 10.0. The quantitative estimate of drug-likeness (QED) is 0.426. The van der Waals surface area contributed by atoms with Gasteiger partial charge in [-0.15, -0.1) is 0 Å². The van der Waals surface area contributed by atoms with E-state index in [4.69, 9.17) is 4.74 Å². The number of amides is 1. The second-order valence-corrected chi connectivity index (χ2v) is 10.5. The Morgan fingerprint density at radius 1 is 1.05 bits per heavy atom. The van der Waals surface area contributed by atoms with Crippen LogP contribution in [0.1, 0.15) is 49.3 Å². The van der Waals surface area contributed by atoms with Crippen molar-refractivity contribution in [2.24, 2.45) is 14.1 Å². The van der Waals surface area contributed by atoms with Crippen molar-refractivity contribution in [2.45, 2.75) is 46.6 Å². The van der Waals surface area contributed by atoms with Gasteiger partial charge in [-0.3, -0.25) is 14.4 Å². The number of nitrogens with zero attached hydrogens (tertiary/aromatic N) is 3. The SMILES string of the molecule is CCc1cccc(C)c1Oc1cn(C)c(=O)cc1-c1cn(C)c(=O)c2[nH]c(C(=O)N(C)C(C)(C)C)cc12. The van der Waals surface area contributed by atoms with E-state index in [1.165, 1.54) is 15.2 Å². The van der Waals surface area contributed by atoms with Gasteiger partial charge < -0.3 is 23.8 Å². The topological polar surface area (TPSA) is 89.3 Å².